The standard InChI is InChI=1S/C22H24N2OSe/c1-3-9-18(10-4-1)25-16-17-15-21(24-23-17)20-13-7-8-14-22(20)26-19-11-5-2-6-12-19/h1-6,9-12,15,20-22H,7-8,13-14,16H2/t20-,21?,22+/m0/s1. The minimum atomic E-state index is 0.236. The molecule has 4 rings (SSSR count). The summed E-state index contributed by atoms with van der Waals surface area (Å²) in [7, 11) is 0. The summed E-state index contributed by atoms with van der Waals surface area (Å²) in [6.07, 6.45) is 7.52. The van der Waals surface area contributed by atoms with E-state index in [2.05, 4.69) is 46.6 Å². The van der Waals surface area contributed by atoms with E-state index in [-0.39, 0.29) is 6.04 Å². The second kappa shape index (κ2) is 8.66. The molecule has 0 radical (unpaired) electrons. The molecule has 1 saturated carbocycles. The van der Waals surface area contributed by atoms with E-state index >= 15 is 0 Å². The molecule has 1 unspecified atom stereocenters. The van der Waals surface area contributed by atoms with Gasteiger partial charge in [0.1, 0.15) is 0 Å². The zero-order valence-corrected chi connectivity index (χ0v) is 16.5. The molecule has 1 aliphatic carbocycles. The summed E-state index contributed by atoms with van der Waals surface area (Å²) in [6.45, 7) is 0.505. The van der Waals surface area contributed by atoms with Crippen LogP contribution in [0.5, 0.6) is 5.75 Å². The zero-order valence-electron chi connectivity index (χ0n) is 14.8. The molecule has 0 N–H and O–H groups in total. The first-order valence-corrected chi connectivity index (χ1v) is 11.2. The average Bonchev–Trinajstić information content (AvgIpc) is 3.17. The Morgan fingerprint density at radius 2 is 1.65 bits per heavy atom. The number of para-hydroxylation sites is 1. The summed E-state index contributed by atoms with van der Waals surface area (Å²) in [4.78, 5) is 0.758. The summed E-state index contributed by atoms with van der Waals surface area (Å²) >= 11 is 0.513. The van der Waals surface area contributed by atoms with Crippen LogP contribution < -0.4 is 9.20 Å². The molecule has 1 heterocycles. The number of nitrogens with zero attached hydrogens (tertiary/aromatic N) is 2. The van der Waals surface area contributed by atoms with Gasteiger partial charge in [-0.05, 0) is 0 Å². The molecule has 0 amide bonds. The number of rotatable bonds is 6. The third-order valence-corrected chi connectivity index (χ3v) is 8.04. The molecule has 2 aromatic carbocycles. The van der Waals surface area contributed by atoms with E-state index in [1.54, 1.807) is 0 Å². The zero-order chi connectivity index (χ0) is 17.6. The van der Waals surface area contributed by atoms with E-state index in [0.717, 1.165) is 16.3 Å². The van der Waals surface area contributed by atoms with Crippen LogP contribution in [0.15, 0.2) is 82.7 Å². The Balaban J connectivity index is 1.39. The van der Waals surface area contributed by atoms with Crippen molar-refractivity contribution in [1.82, 2.24) is 0 Å². The summed E-state index contributed by atoms with van der Waals surface area (Å²) in [5.41, 5.74) is 0.968. The summed E-state index contributed by atoms with van der Waals surface area (Å²) < 4.78 is 7.33. The van der Waals surface area contributed by atoms with Crippen LogP contribution in [0.2, 0.25) is 4.82 Å². The monoisotopic (exact) mass is 412 g/mol. The molecule has 3 atom stereocenters. The fourth-order valence-electron chi connectivity index (χ4n) is 3.70. The first kappa shape index (κ1) is 17.5. The first-order chi connectivity index (χ1) is 12.9. The van der Waals surface area contributed by atoms with Crippen molar-refractivity contribution < 1.29 is 4.74 Å². The van der Waals surface area contributed by atoms with E-state index in [1.165, 1.54) is 30.1 Å². The Kier molecular flexibility index (Phi) is 5.83. The Morgan fingerprint density at radius 1 is 0.923 bits per heavy atom. The maximum atomic E-state index is 5.83. The molecule has 0 spiro atoms. The molecule has 2 aliphatic rings. The van der Waals surface area contributed by atoms with Gasteiger partial charge in [0, 0.05) is 0 Å². The molecule has 0 bridgehead atoms. The van der Waals surface area contributed by atoms with E-state index in [1.807, 2.05) is 30.3 Å². The molecular formula is C22H24N2OSe. The fraction of sp³-hybridized carbons (Fsp3) is 0.364. The van der Waals surface area contributed by atoms with Gasteiger partial charge in [0.2, 0.25) is 0 Å². The van der Waals surface area contributed by atoms with E-state index < -0.39 is 0 Å². The van der Waals surface area contributed by atoms with Crippen molar-refractivity contribution in [3.05, 3.63) is 72.4 Å². The van der Waals surface area contributed by atoms with Crippen LogP contribution in [-0.2, 0) is 0 Å². The van der Waals surface area contributed by atoms with Crippen molar-refractivity contribution in [1.29, 1.82) is 0 Å². The summed E-state index contributed by atoms with van der Waals surface area (Å²) in [5, 5.41) is 9.02. The third-order valence-electron chi connectivity index (χ3n) is 5.04. The second-order valence-corrected chi connectivity index (χ2v) is 9.64. The average molecular weight is 411 g/mol. The van der Waals surface area contributed by atoms with Crippen molar-refractivity contribution in [3.63, 3.8) is 0 Å². The van der Waals surface area contributed by atoms with Gasteiger partial charge in [-0.15, -0.1) is 0 Å². The quantitative estimate of drug-likeness (QED) is 0.629. The van der Waals surface area contributed by atoms with Crippen molar-refractivity contribution in [3.8, 4) is 5.75 Å². The minimum absolute atomic E-state index is 0.236. The van der Waals surface area contributed by atoms with Crippen molar-refractivity contribution in [2.45, 2.75) is 36.5 Å². The Hall–Kier alpha value is -1.90. The normalized spacial score (nSPS) is 25.1. The number of azo groups is 1. The maximum absolute atomic E-state index is 5.83. The van der Waals surface area contributed by atoms with Crippen LogP contribution in [0.1, 0.15) is 25.7 Å². The molecule has 26 heavy (non-hydrogen) atoms. The molecule has 4 heteroatoms. The topological polar surface area (TPSA) is 34.0 Å². The molecule has 0 saturated heterocycles. The summed E-state index contributed by atoms with van der Waals surface area (Å²) in [6, 6.07) is 21.1. The predicted molar refractivity (Wildman–Crippen MR) is 106 cm³/mol. The van der Waals surface area contributed by atoms with Crippen molar-refractivity contribution in [2.75, 3.05) is 6.61 Å². The molecule has 3 nitrogen and oxygen atoms in total. The molecule has 1 fully saturated rings. The van der Waals surface area contributed by atoms with Gasteiger partial charge in [-0.3, -0.25) is 0 Å². The first-order valence-electron chi connectivity index (χ1n) is 9.39. The number of hydrogen-bond donors (Lipinski definition) is 0. The van der Waals surface area contributed by atoms with E-state index in [0.29, 0.717) is 27.5 Å². The van der Waals surface area contributed by atoms with Crippen LogP contribution in [0, 0.1) is 5.92 Å². The second-order valence-electron chi connectivity index (χ2n) is 6.88. The Bertz CT molecular complexity index is 760. The van der Waals surface area contributed by atoms with Crippen LogP contribution in [0.3, 0.4) is 0 Å². The molecular weight excluding hydrogens is 387 g/mol. The number of ether oxygens (including phenoxy) is 1. The summed E-state index contributed by atoms with van der Waals surface area (Å²) in [5.74, 6) is 1.51. The molecule has 134 valence electrons. The van der Waals surface area contributed by atoms with Gasteiger partial charge in [-0.2, -0.15) is 0 Å². The van der Waals surface area contributed by atoms with Crippen LogP contribution in [-0.4, -0.2) is 27.6 Å². The van der Waals surface area contributed by atoms with Gasteiger partial charge in [0.25, 0.3) is 0 Å². The molecule has 0 aromatic heterocycles. The third kappa shape index (κ3) is 4.43. The Morgan fingerprint density at radius 3 is 2.46 bits per heavy atom. The van der Waals surface area contributed by atoms with Gasteiger partial charge in [0.15, 0.2) is 0 Å². The Labute approximate surface area is 161 Å². The SMILES string of the molecule is C1=C(COc2ccccc2)N=NC1[C@@H]1CCCC[C@H]1[Se]c1ccccc1. The van der Waals surface area contributed by atoms with Crippen LogP contribution in [0.25, 0.3) is 0 Å². The van der Waals surface area contributed by atoms with Gasteiger partial charge in [-0.1, -0.05) is 0 Å². The van der Waals surface area contributed by atoms with Crippen LogP contribution >= 0.6 is 0 Å². The number of hydrogen-bond acceptors (Lipinski definition) is 3. The van der Waals surface area contributed by atoms with Gasteiger partial charge < -0.3 is 0 Å². The van der Waals surface area contributed by atoms with Gasteiger partial charge in [0.05, 0.1) is 0 Å². The number of benzene rings is 2. The molecule has 2 aromatic rings. The van der Waals surface area contributed by atoms with Crippen molar-refractivity contribution in [2.24, 2.45) is 16.1 Å². The van der Waals surface area contributed by atoms with Gasteiger partial charge in [-0.25, -0.2) is 0 Å². The van der Waals surface area contributed by atoms with E-state index in [4.69, 9.17) is 4.74 Å². The van der Waals surface area contributed by atoms with Crippen LogP contribution in [0.4, 0.5) is 0 Å². The fourth-order valence-corrected chi connectivity index (χ4v) is 6.68. The van der Waals surface area contributed by atoms with E-state index in [9.17, 15) is 0 Å². The van der Waals surface area contributed by atoms with Crippen molar-refractivity contribution >= 4 is 19.4 Å². The molecule has 1 aliphatic heterocycles. The predicted octanol–water partition coefficient (Wildman–Crippen LogP) is 4.79. The van der Waals surface area contributed by atoms with Gasteiger partial charge >= 0.3 is 162 Å².